The van der Waals surface area contributed by atoms with Crippen LogP contribution in [0.4, 0.5) is 8.78 Å². The van der Waals surface area contributed by atoms with Crippen LogP contribution in [0.2, 0.25) is 0 Å². The molecule has 0 saturated carbocycles. The summed E-state index contributed by atoms with van der Waals surface area (Å²) >= 11 is 5.43. The van der Waals surface area contributed by atoms with Crippen LogP contribution < -0.4 is 5.56 Å². The molecule has 14 heavy (non-hydrogen) atoms. The quantitative estimate of drug-likeness (QED) is 0.764. The number of aliphatic hydroxyl groups is 1. The maximum absolute atomic E-state index is 12.4. The molecule has 3 nitrogen and oxygen atoms in total. The Labute approximate surface area is 83.3 Å². The fourth-order valence-electron chi connectivity index (χ4n) is 1.15. The molecule has 0 aliphatic rings. The number of alkyl halides is 3. The second-order valence-corrected chi connectivity index (χ2v) is 2.89. The lowest BCUT2D eigenvalue weighted by molar-refractivity contribution is 0.149. The Bertz CT molecular complexity index is 378. The molecule has 0 radical (unpaired) electrons. The number of rotatable bonds is 3. The molecule has 1 aromatic rings. The SMILES string of the molecule is O=c1[nH]cc(C(F)F)c(CCl)c1CO. The monoisotopic (exact) mass is 223 g/mol. The minimum Gasteiger partial charge on any atom is -0.391 e. The van der Waals surface area contributed by atoms with Crippen LogP contribution in [-0.2, 0) is 12.5 Å². The first-order chi connectivity index (χ1) is 6.61. The van der Waals surface area contributed by atoms with Crippen LogP contribution >= 0.6 is 11.6 Å². The summed E-state index contributed by atoms with van der Waals surface area (Å²) in [6.07, 6.45) is -1.80. The molecule has 0 amide bonds. The van der Waals surface area contributed by atoms with Crippen LogP contribution in [0.3, 0.4) is 0 Å². The molecule has 6 heteroatoms. The van der Waals surface area contributed by atoms with Crippen molar-refractivity contribution in [3.8, 4) is 0 Å². The summed E-state index contributed by atoms with van der Waals surface area (Å²) in [6.45, 7) is -0.599. The van der Waals surface area contributed by atoms with Crippen molar-refractivity contribution in [3.05, 3.63) is 33.2 Å². The van der Waals surface area contributed by atoms with Gasteiger partial charge in [0.15, 0.2) is 0 Å². The van der Waals surface area contributed by atoms with E-state index in [0.29, 0.717) is 0 Å². The number of aromatic amines is 1. The van der Waals surface area contributed by atoms with Gasteiger partial charge in [-0.15, -0.1) is 11.6 Å². The van der Waals surface area contributed by atoms with Crippen LogP contribution in [0.5, 0.6) is 0 Å². The van der Waals surface area contributed by atoms with Crippen molar-refractivity contribution in [3.63, 3.8) is 0 Å². The van der Waals surface area contributed by atoms with Gasteiger partial charge >= 0.3 is 0 Å². The van der Waals surface area contributed by atoms with Crippen LogP contribution in [-0.4, -0.2) is 10.1 Å². The average molecular weight is 224 g/mol. The molecule has 0 spiro atoms. The predicted molar refractivity (Wildman–Crippen MR) is 47.5 cm³/mol. The first-order valence-electron chi connectivity index (χ1n) is 3.80. The average Bonchev–Trinajstić information content (AvgIpc) is 2.16. The van der Waals surface area contributed by atoms with Gasteiger partial charge in [-0.3, -0.25) is 4.79 Å². The van der Waals surface area contributed by atoms with Crippen LogP contribution in [0.15, 0.2) is 11.0 Å². The summed E-state index contributed by atoms with van der Waals surface area (Å²) in [4.78, 5) is 13.2. The number of halogens is 3. The maximum atomic E-state index is 12.4. The number of aliphatic hydroxyl groups excluding tert-OH is 1. The molecule has 0 unspecified atom stereocenters. The summed E-state index contributed by atoms with van der Waals surface area (Å²) in [5.74, 6) is -0.223. The zero-order valence-corrected chi connectivity index (χ0v) is 7.81. The Morgan fingerprint density at radius 2 is 2.14 bits per heavy atom. The zero-order valence-electron chi connectivity index (χ0n) is 7.06. The van der Waals surface area contributed by atoms with Crippen LogP contribution in [0, 0.1) is 0 Å². The van der Waals surface area contributed by atoms with Crippen molar-refractivity contribution >= 4 is 11.6 Å². The fourth-order valence-corrected chi connectivity index (χ4v) is 1.46. The zero-order chi connectivity index (χ0) is 10.7. The van der Waals surface area contributed by atoms with E-state index in [9.17, 15) is 13.6 Å². The first-order valence-corrected chi connectivity index (χ1v) is 4.33. The Morgan fingerprint density at radius 3 is 2.57 bits per heavy atom. The number of pyridine rings is 1. The van der Waals surface area contributed by atoms with Gasteiger partial charge in [0, 0.05) is 23.2 Å². The Morgan fingerprint density at radius 1 is 1.50 bits per heavy atom. The maximum Gasteiger partial charge on any atom is 0.265 e. The molecular weight excluding hydrogens is 216 g/mol. The summed E-state index contributed by atoms with van der Waals surface area (Å²) in [5, 5.41) is 8.81. The summed E-state index contributed by atoms with van der Waals surface area (Å²) in [5.41, 5.74) is -1.03. The minimum atomic E-state index is -2.72. The molecule has 0 atom stereocenters. The van der Waals surface area contributed by atoms with E-state index < -0.39 is 18.6 Å². The Hall–Kier alpha value is -0.940. The third-order valence-corrected chi connectivity index (χ3v) is 2.14. The molecule has 2 N–H and O–H groups in total. The fraction of sp³-hybridized carbons (Fsp3) is 0.375. The predicted octanol–water partition coefficient (Wildman–Crippen LogP) is 1.54. The number of nitrogens with one attached hydrogen (secondary N) is 1. The molecule has 0 bridgehead atoms. The van der Waals surface area contributed by atoms with E-state index >= 15 is 0 Å². The van der Waals surface area contributed by atoms with Gasteiger partial charge in [-0.05, 0) is 5.56 Å². The van der Waals surface area contributed by atoms with E-state index in [2.05, 4.69) is 4.98 Å². The molecule has 1 aromatic heterocycles. The van der Waals surface area contributed by atoms with E-state index in [0.717, 1.165) is 6.20 Å². The second-order valence-electron chi connectivity index (χ2n) is 2.62. The highest BCUT2D eigenvalue weighted by atomic mass is 35.5. The summed E-state index contributed by atoms with van der Waals surface area (Å²) in [6, 6.07) is 0. The van der Waals surface area contributed by atoms with E-state index in [-0.39, 0.29) is 22.6 Å². The van der Waals surface area contributed by atoms with Gasteiger partial charge in [0.05, 0.1) is 6.61 Å². The Kier molecular flexibility index (Phi) is 3.60. The summed E-state index contributed by atoms with van der Waals surface area (Å²) in [7, 11) is 0. The standard InChI is InChI=1S/C8H8ClF2NO2/c9-1-4-5(7(10)11)2-12-8(14)6(4)3-13/h2,7,13H,1,3H2,(H,12,14). The minimum absolute atomic E-state index is 0.00733. The number of H-pyrrole nitrogens is 1. The third-order valence-electron chi connectivity index (χ3n) is 1.87. The lowest BCUT2D eigenvalue weighted by Gasteiger charge is -2.08. The van der Waals surface area contributed by atoms with Gasteiger partial charge in [0.2, 0.25) is 0 Å². The third kappa shape index (κ3) is 1.93. The van der Waals surface area contributed by atoms with Crippen LogP contribution in [0.25, 0.3) is 0 Å². The number of hydrogen-bond donors (Lipinski definition) is 2. The van der Waals surface area contributed by atoms with E-state index in [1.165, 1.54) is 0 Å². The van der Waals surface area contributed by atoms with Gasteiger partial charge in [0.25, 0.3) is 12.0 Å². The van der Waals surface area contributed by atoms with Crippen molar-refractivity contribution < 1.29 is 13.9 Å². The lowest BCUT2D eigenvalue weighted by atomic mass is 10.1. The molecule has 0 aliphatic heterocycles. The first kappa shape index (κ1) is 11.1. The highest BCUT2D eigenvalue weighted by Crippen LogP contribution is 2.24. The molecule has 0 aliphatic carbocycles. The van der Waals surface area contributed by atoms with Gasteiger partial charge in [-0.2, -0.15) is 0 Å². The van der Waals surface area contributed by atoms with Gasteiger partial charge in [-0.25, -0.2) is 8.78 Å². The van der Waals surface area contributed by atoms with E-state index in [4.69, 9.17) is 16.7 Å². The van der Waals surface area contributed by atoms with Gasteiger partial charge < -0.3 is 10.1 Å². The van der Waals surface area contributed by atoms with E-state index in [1.807, 2.05) is 0 Å². The van der Waals surface area contributed by atoms with Gasteiger partial charge in [0.1, 0.15) is 0 Å². The molecule has 1 rings (SSSR count). The van der Waals surface area contributed by atoms with Crippen molar-refractivity contribution in [2.24, 2.45) is 0 Å². The number of aromatic nitrogens is 1. The van der Waals surface area contributed by atoms with Crippen molar-refractivity contribution in [1.82, 2.24) is 4.98 Å². The molecule has 78 valence electrons. The largest absolute Gasteiger partial charge is 0.391 e. The molecule has 1 heterocycles. The molecular formula is C8H8ClF2NO2. The van der Waals surface area contributed by atoms with E-state index in [1.54, 1.807) is 0 Å². The normalized spacial score (nSPS) is 10.9. The lowest BCUT2D eigenvalue weighted by Crippen LogP contribution is -2.17. The Balaban J connectivity index is 3.40. The highest BCUT2D eigenvalue weighted by Gasteiger charge is 2.17. The van der Waals surface area contributed by atoms with Crippen molar-refractivity contribution in [1.29, 1.82) is 0 Å². The molecule has 0 fully saturated rings. The highest BCUT2D eigenvalue weighted by molar-refractivity contribution is 6.17. The summed E-state index contributed by atoms with van der Waals surface area (Å²) < 4.78 is 24.8. The van der Waals surface area contributed by atoms with Crippen molar-refractivity contribution in [2.45, 2.75) is 18.9 Å². The number of hydrogen-bond acceptors (Lipinski definition) is 2. The molecule has 0 aromatic carbocycles. The molecule has 0 saturated heterocycles. The van der Waals surface area contributed by atoms with Crippen LogP contribution in [0.1, 0.15) is 23.1 Å². The van der Waals surface area contributed by atoms with Gasteiger partial charge in [-0.1, -0.05) is 0 Å². The van der Waals surface area contributed by atoms with Crippen molar-refractivity contribution in [2.75, 3.05) is 0 Å². The smallest absolute Gasteiger partial charge is 0.265 e. The second kappa shape index (κ2) is 4.52. The topological polar surface area (TPSA) is 53.1 Å².